The van der Waals surface area contributed by atoms with Crippen molar-refractivity contribution >= 4 is 35.9 Å². The van der Waals surface area contributed by atoms with Gasteiger partial charge >= 0.3 is 5.97 Å². The second-order valence-electron chi connectivity index (χ2n) is 5.43. The molecule has 2 N–H and O–H groups in total. The minimum absolute atomic E-state index is 0. The highest BCUT2D eigenvalue weighted by Gasteiger charge is 2.12. The lowest BCUT2D eigenvalue weighted by Crippen LogP contribution is -2.38. The fourth-order valence-electron chi connectivity index (χ4n) is 2.32. The van der Waals surface area contributed by atoms with E-state index in [4.69, 9.17) is 4.74 Å². The van der Waals surface area contributed by atoms with E-state index >= 15 is 0 Å². The summed E-state index contributed by atoms with van der Waals surface area (Å²) in [5.41, 5.74) is 1.55. The number of nitrogens with zero attached hydrogens (tertiary/aromatic N) is 1. The Morgan fingerprint density at radius 2 is 2.18 bits per heavy atom. The number of nitrogens with one attached hydrogen (secondary N) is 2. The van der Waals surface area contributed by atoms with E-state index in [1.54, 1.807) is 5.57 Å². The van der Waals surface area contributed by atoms with Gasteiger partial charge in [-0.05, 0) is 39.0 Å². The molecule has 5 nitrogen and oxygen atoms in total. The third kappa shape index (κ3) is 8.60. The van der Waals surface area contributed by atoms with Crippen LogP contribution >= 0.6 is 24.0 Å². The Bertz CT molecular complexity index is 384. The third-order valence-corrected chi connectivity index (χ3v) is 3.59. The quantitative estimate of drug-likeness (QED) is 0.217. The molecule has 1 unspecified atom stereocenters. The van der Waals surface area contributed by atoms with Crippen molar-refractivity contribution in [2.45, 2.75) is 46.0 Å². The molecule has 0 saturated heterocycles. The number of carbonyl (C=O) groups is 1. The second kappa shape index (κ2) is 12.7. The number of hydrogen-bond acceptors (Lipinski definition) is 3. The van der Waals surface area contributed by atoms with Crippen LogP contribution in [-0.4, -0.2) is 38.7 Å². The van der Waals surface area contributed by atoms with E-state index in [1.807, 2.05) is 13.8 Å². The molecule has 0 spiro atoms. The van der Waals surface area contributed by atoms with Gasteiger partial charge < -0.3 is 15.4 Å². The predicted molar refractivity (Wildman–Crippen MR) is 102 cm³/mol. The number of methoxy groups -OCH3 is 1. The van der Waals surface area contributed by atoms with Gasteiger partial charge in [-0.1, -0.05) is 18.6 Å². The van der Waals surface area contributed by atoms with Crippen LogP contribution < -0.4 is 10.6 Å². The van der Waals surface area contributed by atoms with E-state index < -0.39 is 0 Å². The number of ether oxygens (including phenoxy) is 1. The van der Waals surface area contributed by atoms with Crippen LogP contribution in [0.1, 0.15) is 46.0 Å². The van der Waals surface area contributed by atoms with Crippen molar-refractivity contribution in [2.24, 2.45) is 10.9 Å². The Morgan fingerprint density at radius 1 is 1.41 bits per heavy atom. The summed E-state index contributed by atoms with van der Waals surface area (Å²) in [5, 5.41) is 6.53. The molecule has 0 aromatic rings. The zero-order chi connectivity index (χ0) is 15.5. The van der Waals surface area contributed by atoms with Crippen LogP contribution in [0.25, 0.3) is 0 Å². The molecule has 0 aromatic heterocycles. The van der Waals surface area contributed by atoms with Crippen molar-refractivity contribution in [3.63, 3.8) is 0 Å². The highest BCUT2D eigenvalue weighted by atomic mass is 127. The third-order valence-electron chi connectivity index (χ3n) is 3.59. The van der Waals surface area contributed by atoms with Gasteiger partial charge in [-0.2, -0.15) is 0 Å². The van der Waals surface area contributed by atoms with E-state index in [0.717, 1.165) is 25.5 Å². The highest BCUT2D eigenvalue weighted by Crippen LogP contribution is 2.19. The van der Waals surface area contributed by atoms with Gasteiger partial charge in [-0.25, -0.2) is 0 Å². The van der Waals surface area contributed by atoms with Crippen LogP contribution in [0.2, 0.25) is 0 Å². The maximum Gasteiger partial charge on any atom is 0.310 e. The van der Waals surface area contributed by atoms with Crippen LogP contribution in [0.3, 0.4) is 0 Å². The summed E-state index contributed by atoms with van der Waals surface area (Å²) in [6.07, 6.45) is 8.53. The first-order chi connectivity index (χ1) is 10.2. The van der Waals surface area contributed by atoms with Crippen LogP contribution in [-0.2, 0) is 9.53 Å². The molecule has 128 valence electrons. The molecule has 6 heteroatoms. The van der Waals surface area contributed by atoms with Crippen LogP contribution in [0.15, 0.2) is 16.6 Å². The average Bonchev–Trinajstić information content (AvgIpc) is 2.52. The predicted octanol–water partition coefficient (Wildman–Crippen LogP) is 2.86. The molecule has 0 fully saturated rings. The molecule has 1 aliphatic carbocycles. The van der Waals surface area contributed by atoms with E-state index in [1.165, 1.54) is 32.8 Å². The molecule has 22 heavy (non-hydrogen) atoms. The molecule has 0 aromatic carbocycles. The molecule has 0 saturated carbocycles. The molecule has 0 aliphatic heterocycles. The largest absolute Gasteiger partial charge is 0.469 e. The van der Waals surface area contributed by atoms with Gasteiger partial charge in [0.05, 0.1) is 19.6 Å². The summed E-state index contributed by atoms with van der Waals surface area (Å²) in [6.45, 7) is 5.98. The van der Waals surface area contributed by atoms with Crippen LogP contribution in [0.5, 0.6) is 0 Å². The van der Waals surface area contributed by atoms with Crippen molar-refractivity contribution in [3.8, 4) is 0 Å². The first-order valence-corrected chi connectivity index (χ1v) is 7.95. The van der Waals surface area contributed by atoms with E-state index in [9.17, 15) is 4.79 Å². The standard InChI is InChI=1S/C16H29N3O2.HI/c1-4-17-16(19-12-13(2)15(20)21-3)18-11-10-14-8-6-5-7-9-14;/h8,13H,4-7,9-12H2,1-3H3,(H2,17,18,19);1H. The Labute approximate surface area is 151 Å². The number of esters is 1. The molecule has 0 amide bonds. The fraction of sp³-hybridized carbons (Fsp3) is 0.750. The number of rotatable bonds is 7. The second-order valence-corrected chi connectivity index (χ2v) is 5.43. The normalized spacial score (nSPS) is 16.1. The lowest BCUT2D eigenvalue weighted by molar-refractivity contribution is -0.144. The van der Waals surface area contributed by atoms with Gasteiger partial charge in [-0.3, -0.25) is 9.79 Å². The first kappa shape index (κ1) is 21.2. The van der Waals surface area contributed by atoms with Gasteiger partial charge in [0, 0.05) is 13.1 Å². The van der Waals surface area contributed by atoms with Gasteiger partial charge in [-0.15, -0.1) is 24.0 Å². The number of hydrogen-bond donors (Lipinski definition) is 2. The van der Waals surface area contributed by atoms with Crippen molar-refractivity contribution < 1.29 is 9.53 Å². The molecule has 1 rings (SSSR count). The Hall–Kier alpha value is -0.790. The lowest BCUT2D eigenvalue weighted by atomic mass is 9.97. The van der Waals surface area contributed by atoms with Gasteiger partial charge in [0.1, 0.15) is 0 Å². The molecular formula is C16H30IN3O2. The Kier molecular flexibility index (Phi) is 12.3. The number of carbonyl (C=O) groups excluding carboxylic acids is 1. The Balaban J connectivity index is 0.00000441. The maximum atomic E-state index is 11.4. The molecule has 1 atom stereocenters. The zero-order valence-electron chi connectivity index (χ0n) is 14.0. The van der Waals surface area contributed by atoms with Crippen LogP contribution in [0.4, 0.5) is 0 Å². The number of allylic oxidation sites excluding steroid dienone is 1. The van der Waals surface area contributed by atoms with Crippen molar-refractivity contribution in [2.75, 3.05) is 26.7 Å². The summed E-state index contributed by atoms with van der Waals surface area (Å²) in [7, 11) is 1.41. The number of halogens is 1. The molecule has 0 radical (unpaired) electrons. The zero-order valence-corrected chi connectivity index (χ0v) is 16.3. The van der Waals surface area contributed by atoms with E-state index in [0.29, 0.717) is 6.54 Å². The summed E-state index contributed by atoms with van der Waals surface area (Å²) in [5.74, 6) is 0.332. The van der Waals surface area contributed by atoms with E-state index in [2.05, 4.69) is 21.7 Å². The first-order valence-electron chi connectivity index (χ1n) is 7.95. The number of guanidine groups is 1. The van der Waals surface area contributed by atoms with Crippen LogP contribution in [0, 0.1) is 5.92 Å². The fourth-order valence-corrected chi connectivity index (χ4v) is 2.32. The smallest absolute Gasteiger partial charge is 0.310 e. The van der Waals surface area contributed by atoms with E-state index in [-0.39, 0.29) is 35.9 Å². The molecular weight excluding hydrogens is 393 g/mol. The van der Waals surface area contributed by atoms with Gasteiger partial charge in [0.15, 0.2) is 5.96 Å². The average molecular weight is 423 g/mol. The van der Waals surface area contributed by atoms with Crippen molar-refractivity contribution in [3.05, 3.63) is 11.6 Å². The van der Waals surface area contributed by atoms with Gasteiger partial charge in [0.2, 0.25) is 0 Å². The number of aliphatic imine (C=N–C) groups is 1. The summed E-state index contributed by atoms with van der Waals surface area (Å²) >= 11 is 0. The van der Waals surface area contributed by atoms with Crippen molar-refractivity contribution in [1.29, 1.82) is 0 Å². The van der Waals surface area contributed by atoms with Crippen molar-refractivity contribution in [1.82, 2.24) is 10.6 Å². The summed E-state index contributed by atoms with van der Waals surface area (Å²) < 4.78 is 4.71. The summed E-state index contributed by atoms with van der Waals surface area (Å²) in [6, 6.07) is 0. The highest BCUT2D eigenvalue weighted by molar-refractivity contribution is 14.0. The SMILES string of the molecule is CCNC(=NCC(C)C(=O)OC)NCCC1=CCCCC1.I. The maximum absolute atomic E-state index is 11.4. The molecule has 0 heterocycles. The molecule has 0 bridgehead atoms. The monoisotopic (exact) mass is 423 g/mol. The Morgan fingerprint density at radius 3 is 2.77 bits per heavy atom. The topological polar surface area (TPSA) is 62.7 Å². The molecule has 1 aliphatic rings. The van der Waals surface area contributed by atoms with Gasteiger partial charge in [0.25, 0.3) is 0 Å². The minimum atomic E-state index is -0.220. The lowest BCUT2D eigenvalue weighted by Gasteiger charge is -2.15. The minimum Gasteiger partial charge on any atom is -0.469 e. The summed E-state index contributed by atoms with van der Waals surface area (Å²) in [4.78, 5) is 15.8.